The molecule has 0 aliphatic rings. The molecule has 0 bridgehead atoms. The second-order valence-corrected chi connectivity index (χ2v) is 9.89. The van der Waals surface area contributed by atoms with Crippen LogP contribution in [0.25, 0.3) is 22.3 Å². The minimum absolute atomic E-state index is 0.0469. The van der Waals surface area contributed by atoms with E-state index in [-0.39, 0.29) is 72.8 Å². The number of phenols is 1. The van der Waals surface area contributed by atoms with E-state index in [9.17, 15) is 19.5 Å². The molecular weight excluding hydrogens is 556 g/mol. The van der Waals surface area contributed by atoms with Gasteiger partial charge in [0.15, 0.2) is 5.76 Å². The fourth-order valence-electron chi connectivity index (χ4n) is 4.31. The number of carbonyl (C=O) groups is 2. The van der Waals surface area contributed by atoms with Crippen LogP contribution in [0.5, 0.6) is 23.0 Å². The first-order valence-corrected chi connectivity index (χ1v) is 14.4. The van der Waals surface area contributed by atoms with Crippen molar-refractivity contribution in [3.63, 3.8) is 0 Å². The summed E-state index contributed by atoms with van der Waals surface area (Å²) in [4.78, 5) is 37.5. The Labute approximate surface area is 251 Å². The number of methoxy groups -OCH3 is 1. The van der Waals surface area contributed by atoms with Crippen molar-refractivity contribution in [1.82, 2.24) is 0 Å². The van der Waals surface area contributed by atoms with Gasteiger partial charge in [0.2, 0.25) is 11.2 Å². The number of aromatic hydroxyl groups is 1. The Hall–Kier alpha value is -4.47. The van der Waals surface area contributed by atoms with Crippen molar-refractivity contribution < 1.29 is 42.8 Å². The molecule has 1 aromatic heterocycles. The molecule has 0 aliphatic carbocycles. The smallest absolute Gasteiger partial charge is 0.305 e. The zero-order valence-corrected chi connectivity index (χ0v) is 25.4. The maximum Gasteiger partial charge on any atom is 0.305 e. The first-order chi connectivity index (χ1) is 20.7. The average molecular weight is 597 g/mol. The molecule has 232 valence electrons. The van der Waals surface area contributed by atoms with Gasteiger partial charge in [-0.05, 0) is 71.2 Å². The fraction of sp³-hybridized carbons (Fsp3) is 0.424. The van der Waals surface area contributed by atoms with Gasteiger partial charge in [0, 0.05) is 30.0 Å². The van der Waals surface area contributed by atoms with Gasteiger partial charge in [-0.2, -0.15) is 0 Å². The lowest BCUT2D eigenvalue weighted by Gasteiger charge is -2.17. The zero-order chi connectivity index (χ0) is 31.4. The van der Waals surface area contributed by atoms with Crippen LogP contribution in [-0.2, 0) is 25.5 Å². The molecule has 1 N–H and O–H groups in total. The minimum atomic E-state index is -0.562. The van der Waals surface area contributed by atoms with Gasteiger partial charge in [0.25, 0.3) is 0 Å². The van der Waals surface area contributed by atoms with Crippen molar-refractivity contribution in [1.29, 1.82) is 0 Å². The summed E-state index contributed by atoms with van der Waals surface area (Å²) in [6, 6.07) is 8.32. The second-order valence-electron chi connectivity index (χ2n) is 9.89. The molecule has 0 radical (unpaired) electrons. The van der Waals surface area contributed by atoms with Gasteiger partial charge in [-0.25, -0.2) is 0 Å². The van der Waals surface area contributed by atoms with E-state index >= 15 is 0 Å². The SMILES string of the molecule is CCOC(=O)CCCOc1cc(O)c2c(=O)c(OCCCC(=O)OCC)c(-c3ccc(OC)cc3)oc2c1CC=C(C)C. The highest BCUT2D eigenvalue weighted by Crippen LogP contribution is 2.40. The predicted molar refractivity (Wildman–Crippen MR) is 162 cm³/mol. The zero-order valence-electron chi connectivity index (χ0n) is 25.4. The average Bonchev–Trinajstić information content (AvgIpc) is 2.98. The third-order valence-corrected chi connectivity index (χ3v) is 6.40. The summed E-state index contributed by atoms with van der Waals surface area (Å²) < 4.78 is 33.6. The number of fused-ring (bicyclic) bond motifs is 1. The molecule has 10 nitrogen and oxygen atoms in total. The molecule has 3 aromatic rings. The first-order valence-electron chi connectivity index (χ1n) is 14.4. The predicted octanol–water partition coefficient (Wildman–Crippen LogP) is 6.13. The van der Waals surface area contributed by atoms with E-state index in [1.165, 1.54) is 6.07 Å². The number of benzene rings is 2. The molecule has 0 saturated heterocycles. The van der Waals surface area contributed by atoms with E-state index in [0.717, 1.165) is 5.57 Å². The van der Waals surface area contributed by atoms with Gasteiger partial charge >= 0.3 is 11.9 Å². The third kappa shape index (κ3) is 9.01. The number of ether oxygens (including phenoxy) is 5. The van der Waals surface area contributed by atoms with Crippen LogP contribution < -0.4 is 19.6 Å². The summed E-state index contributed by atoms with van der Waals surface area (Å²) in [5.41, 5.74) is 1.74. The molecule has 0 spiro atoms. The maximum atomic E-state index is 13.9. The van der Waals surface area contributed by atoms with Gasteiger partial charge in [0.05, 0.1) is 33.5 Å². The Morgan fingerprint density at radius 2 is 1.53 bits per heavy atom. The van der Waals surface area contributed by atoms with Crippen molar-refractivity contribution in [3.05, 3.63) is 57.8 Å². The van der Waals surface area contributed by atoms with Crippen molar-refractivity contribution >= 4 is 22.9 Å². The highest BCUT2D eigenvalue weighted by molar-refractivity contribution is 5.91. The normalized spacial score (nSPS) is 10.7. The first kappa shape index (κ1) is 33.0. The Morgan fingerprint density at radius 3 is 2.09 bits per heavy atom. The molecule has 3 rings (SSSR count). The van der Waals surface area contributed by atoms with Crippen LogP contribution in [0.3, 0.4) is 0 Å². The molecule has 43 heavy (non-hydrogen) atoms. The van der Waals surface area contributed by atoms with Crippen LogP contribution in [0.4, 0.5) is 0 Å². The largest absolute Gasteiger partial charge is 0.507 e. The number of esters is 2. The van der Waals surface area contributed by atoms with Crippen LogP contribution in [0.15, 0.2) is 51.2 Å². The van der Waals surface area contributed by atoms with Crippen molar-refractivity contribution in [2.24, 2.45) is 0 Å². The lowest BCUT2D eigenvalue weighted by molar-refractivity contribution is -0.144. The maximum absolute atomic E-state index is 13.9. The number of carbonyl (C=O) groups excluding carboxylic acids is 2. The summed E-state index contributed by atoms with van der Waals surface area (Å²) in [5.74, 6) is 0.0115. The van der Waals surface area contributed by atoms with Crippen LogP contribution in [-0.4, -0.2) is 50.6 Å². The van der Waals surface area contributed by atoms with Crippen LogP contribution in [0.2, 0.25) is 0 Å². The van der Waals surface area contributed by atoms with E-state index in [4.69, 9.17) is 28.1 Å². The molecule has 0 fully saturated rings. The highest BCUT2D eigenvalue weighted by atomic mass is 16.5. The van der Waals surface area contributed by atoms with E-state index in [1.807, 2.05) is 19.9 Å². The van der Waals surface area contributed by atoms with Crippen molar-refractivity contribution in [2.75, 3.05) is 33.5 Å². The molecule has 0 saturated carbocycles. The lowest BCUT2D eigenvalue weighted by atomic mass is 10.0. The van der Waals surface area contributed by atoms with E-state index < -0.39 is 5.43 Å². The van der Waals surface area contributed by atoms with E-state index in [1.54, 1.807) is 45.2 Å². The fourth-order valence-corrected chi connectivity index (χ4v) is 4.31. The Morgan fingerprint density at radius 1 is 0.930 bits per heavy atom. The van der Waals surface area contributed by atoms with Gasteiger partial charge in [-0.3, -0.25) is 14.4 Å². The Kier molecular flexibility index (Phi) is 12.5. The third-order valence-electron chi connectivity index (χ3n) is 6.40. The van der Waals surface area contributed by atoms with Gasteiger partial charge < -0.3 is 33.2 Å². The molecule has 0 unspecified atom stereocenters. The molecule has 0 aliphatic heterocycles. The summed E-state index contributed by atoms with van der Waals surface area (Å²) in [5, 5.41) is 11.0. The van der Waals surface area contributed by atoms with Crippen LogP contribution >= 0.6 is 0 Å². The second kappa shape index (κ2) is 16.2. The summed E-state index contributed by atoms with van der Waals surface area (Å²) in [6.45, 7) is 8.18. The number of rotatable bonds is 16. The number of hydrogen-bond acceptors (Lipinski definition) is 10. The monoisotopic (exact) mass is 596 g/mol. The number of allylic oxidation sites excluding steroid dienone is 2. The summed E-state index contributed by atoms with van der Waals surface area (Å²) in [6.07, 6.45) is 3.35. The lowest BCUT2D eigenvalue weighted by Crippen LogP contribution is -2.14. The quantitative estimate of drug-likeness (QED) is 0.117. The van der Waals surface area contributed by atoms with E-state index in [0.29, 0.717) is 48.5 Å². The standard InChI is InChI=1S/C33H40O10/c1-6-39-27(35)10-8-18-41-26-20-25(34)29-30(37)33(42-19-9-11-28(36)40-7-2)31(22-13-15-23(38-5)16-14-22)43-32(29)24(26)17-12-21(3)4/h12-16,20,34H,6-11,17-19H2,1-5H3. The van der Waals surface area contributed by atoms with Gasteiger partial charge in [0.1, 0.15) is 28.2 Å². The van der Waals surface area contributed by atoms with Crippen molar-refractivity contribution in [2.45, 2.75) is 59.8 Å². The molecule has 2 aromatic carbocycles. The topological polar surface area (TPSA) is 131 Å². The van der Waals surface area contributed by atoms with Crippen molar-refractivity contribution in [3.8, 4) is 34.3 Å². The Balaban J connectivity index is 2.11. The van der Waals surface area contributed by atoms with Gasteiger partial charge in [-0.15, -0.1) is 0 Å². The molecule has 0 amide bonds. The minimum Gasteiger partial charge on any atom is -0.507 e. The molecule has 1 heterocycles. The Bertz CT molecular complexity index is 1480. The van der Waals surface area contributed by atoms with Crippen LogP contribution in [0, 0.1) is 0 Å². The number of phenolic OH excluding ortho intramolecular Hbond substituents is 1. The highest BCUT2D eigenvalue weighted by Gasteiger charge is 2.24. The molecular formula is C33H40O10. The van der Waals surface area contributed by atoms with E-state index in [2.05, 4.69) is 0 Å². The molecule has 10 heteroatoms. The summed E-state index contributed by atoms with van der Waals surface area (Å²) in [7, 11) is 1.55. The van der Waals surface area contributed by atoms with Gasteiger partial charge in [-0.1, -0.05) is 11.6 Å². The summed E-state index contributed by atoms with van der Waals surface area (Å²) >= 11 is 0. The van der Waals surface area contributed by atoms with Crippen LogP contribution in [0.1, 0.15) is 58.9 Å². The molecule has 0 atom stereocenters. The number of hydrogen-bond donors (Lipinski definition) is 1.